The Bertz CT molecular complexity index is 474. The van der Waals surface area contributed by atoms with Gasteiger partial charge in [-0.05, 0) is 35.6 Å². The van der Waals surface area contributed by atoms with Crippen LogP contribution in [0.1, 0.15) is 45.4 Å². The van der Waals surface area contributed by atoms with Gasteiger partial charge in [-0.3, -0.25) is 4.79 Å². The number of amides is 1. The lowest BCUT2D eigenvalue weighted by Gasteiger charge is -2.38. The van der Waals surface area contributed by atoms with Crippen LogP contribution in [0.25, 0.3) is 0 Å². The minimum Gasteiger partial charge on any atom is -0.371 e. The zero-order chi connectivity index (χ0) is 15.4. The fraction of sp³-hybridized carbons (Fsp3) is 0.867. The van der Waals surface area contributed by atoms with E-state index < -0.39 is 0 Å². The number of ether oxygens (including phenoxy) is 1. The van der Waals surface area contributed by atoms with Gasteiger partial charge < -0.3 is 9.64 Å². The number of tetrazole rings is 1. The maximum atomic E-state index is 12.5. The number of hydrogen-bond donors (Lipinski definition) is 0. The van der Waals surface area contributed by atoms with Gasteiger partial charge in [-0.1, -0.05) is 19.8 Å². The van der Waals surface area contributed by atoms with E-state index in [1.165, 1.54) is 19.3 Å². The lowest BCUT2D eigenvalue weighted by molar-refractivity contribution is -0.148. The minimum absolute atomic E-state index is 0.186. The Morgan fingerprint density at radius 1 is 1.36 bits per heavy atom. The molecule has 2 aliphatic rings. The monoisotopic (exact) mass is 307 g/mol. The van der Waals surface area contributed by atoms with E-state index in [9.17, 15) is 4.79 Å². The summed E-state index contributed by atoms with van der Waals surface area (Å²) in [5.41, 5.74) is 0. The molecule has 0 unspecified atom stereocenters. The van der Waals surface area contributed by atoms with Crippen molar-refractivity contribution in [2.24, 2.45) is 5.92 Å². The van der Waals surface area contributed by atoms with Crippen LogP contribution in [0.4, 0.5) is 0 Å². The second-order valence-corrected chi connectivity index (χ2v) is 6.40. The van der Waals surface area contributed by atoms with E-state index in [1.54, 1.807) is 11.0 Å². The summed E-state index contributed by atoms with van der Waals surface area (Å²) in [5.74, 6) is 0.852. The van der Waals surface area contributed by atoms with Crippen LogP contribution >= 0.6 is 0 Å². The molecule has 1 aliphatic carbocycles. The number of rotatable bonds is 7. The average molecular weight is 307 g/mol. The summed E-state index contributed by atoms with van der Waals surface area (Å²) in [6.45, 7) is 4.21. The molecule has 1 saturated heterocycles. The van der Waals surface area contributed by atoms with Crippen molar-refractivity contribution in [3.63, 3.8) is 0 Å². The summed E-state index contributed by atoms with van der Waals surface area (Å²) in [6.07, 6.45) is 8.32. The van der Waals surface area contributed by atoms with Gasteiger partial charge in [-0.25, -0.2) is 4.68 Å². The van der Waals surface area contributed by atoms with E-state index in [-0.39, 0.29) is 18.1 Å². The number of carbonyl (C=O) groups excluding carboxylic acids is 1. The molecule has 7 heteroatoms. The topological polar surface area (TPSA) is 73.1 Å². The highest BCUT2D eigenvalue weighted by molar-refractivity contribution is 5.76. The van der Waals surface area contributed by atoms with Gasteiger partial charge in [0.2, 0.25) is 5.91 Å². The smallest absolute Gasteiger partial charge is 0.224 e. The van der Waals surface area contributed by atoms with Crippen LogP contribution in [0.5, 0.6) is 0 Å². The highest BCUT2D eigenvalue weighted by atomic mass is 16.5. The molecule has 1 aromatic rings. The van der Waals surface area contributed by atoms with Crippen molar-refractivity contribution in [1.82, 2.24) is 25.1 Å². The summed E-state index contributed by atoms with van der Waals surface area (Å²) in [5, 5.41) is 11.0. The molecule has 2 atom stereocenters. The molecule has 0 bridgehead atoms. The third-order valence-corrected chi connectivity index (χ3v) is 4.52. The van der Waals surface area contributed by atoms with E-state index in [0.717, 1.165) is 25.9 Å². The molecule has 2 heterocycles. The lowest BCUT2D eigenvalue weighted by Crippen LogP contribution is -2.50. The maximum absolute atomic E-state index is 12.5. The van der Waals surface area contributed by atoms with Crippen LogP contribution in [0.3, 0.4) is 0 Å². The number of unbranched alkanes of at least 4 members (excludes halogenated alkanes) is 1. The summed E-state index contributed by atoms with van der Waals surface area (Å²) >= 11 is 0. The molecule has 3 rings (SSSR count). The molecular formula is C15H25N5O2. The fourth-order valence-corrected chi connectivity index (χ4v) is 3.04. The van der Waals surface area contributed by atoms with Gasteiger partial charge in [0.15, 0.2) is 0 Å². The molecule has 2 fully saturated rings. The van der Waals surface area contributed by atoms with Gasteiger partial charge in [0.05, 0.1) is 18.8 Å². The molecule has 122 valence electrons. The van der Waals surface area contributed by atoms with Gasteiger partial charge in [-0.2, -0.15) is 0 Å². The third kappa shape index (κ3) is 4.03. The fourth-order valence-electron chi connectivity index (χ4n) is 3.04. The Balaban J connectivity index is 1.54. The predicted octanol–water partition coefficient (Wildman–Crippen LogP) is 1.26. The molecule has 1 amide bonds. The number of nitrogens with zero attached hydrogens (tertiary/aromatic N) is 5. The van der Waals surface area contributed by atoms with Gasteiger partial charge in [0.1, 0.15) is 6.33 Å². The van der Waals surface area contributed by atoms with E-state index in [1.807, 2.05) is 4.90 Å². The van der Waals surface area contributed by atoms with Gasteiger partial charge in [0, 0.05) is 19.5 Å². The number of hydrogen-bond acceptors (Lipinski definition) is 5. The van der Waals surface area contributed by atoms with Crippen LogP contribution in [-0.4, -0.2) is 56.3 Å². The Hall–Kier alpha value is -1.50. The molecule has 1 saturated carbocycles. The first-order valence-corrected chi connectivity index (χ1v) is 8.40. The van der Waals surface area contributed by atoms with Crippen LogP contribution in [0.2, 0.25) is 0 Å². The Kier molecular flexibility index (Phi) is 5.02. The van der Waals surface area contributed by atoms with E-state index in [2.05, 4.69) is 22.4 Å². The van der Waals surface area contributed by atoms with Crippen LogP contribution in [0, 0.1) is 5.92 Å². The normalized spacial score (nSPS) is 25.4. The van der Waals surface area contributed by atoms with Crippen molar-refractivity contribution < 1.29 is 9.53 Å². The molecule has 1 aliphatic heterocycles. The van der Waals surface area contributed by atoms with Crippen LogP contribution in [-0.2, 0) is 16.1 Å². The zero-order valence-corrected chi connectivity index (χ0v) is 13.2. The molecule has 22 heavy (non-hydrogen) atoms. The second-order valence-electron chi connectivity index (χ2n) is 6.40. The van der Waals surface area contributed by atoms with Gasteiger partial charge in [0.25, 0.3) is 0 Å². The average Bonchev–Trinajstić information content (AvgIpc) is 3.27. The first kappa shape index (κ1) is 15.4. The number of aryl methyl sites for hydroxylation is 1. The van der Waals surface area contributed by atoms with E-state index >= 15 is 0 Å². The summed E-state index contributed by atoms with van der Waals surface area (Å²) in [6, 6.07) is 0. The van der Waals surface area contributed by atoms with Crippen molar-refractivity contribution in [2.45, 2.75) is 64.2 Å². The highest BCUT2D eigenvalue weighted by Gasteiger charge is 2.39. The standard InChI is InChI=1S/C15H25N5O2/c1-2-3-4-13-9-19(10-14(22-13)12-5-6-12)15(21)7-8-20-11-16-17-18-20/h11-14H,2-10H2,1H3/t13-,14-/m1/s1. The molecule has 0 radical (unpaired) electrons. The SMILES string of the molecule is CCCC[C@@H]1CN(C(=O)CCn2cnnn2)C[C@H](C2CC2)O1. The molecule has 0 N–H and O–H groups in total. The number of morpholine rings is 1. The number of aromatic nitrogens is 4. The molecular weight excluding hydrogens is 282 g/mol. The van der Waals surface area contributed by atoms with E-state index in [0.29, 0.717) is 18.9 Å². The quantitative estimate of drug-likeness (QED) is 0.758. The molecule has 7 nitrogen and oxygen atoms in total. The minimum atomic E-state index is 0.186. The van der Waals surface area contributed by atoms with Crippen molar-refractivity contribution >= 4 is 5.91 Å². The zero-order valence-electron chi connectivity index (χ0n) is 13.2. The number of carbonyl (C=O) groups is 1. The van der Waals surface area contributed by atoms with Crippen LogP contribution < -0.4 is 0 Å². The van der Waals surface area contributed by atoms with Gasteiger partial charge in [-0.15, -0.1) is 5.10 Å². The predicted molar refractivity (Wildman–Crippen MR) is 79.9 cm³/mol. The van der Waals surface area contributed by atoms with Crippen molar-refractivity contribution in [2.75, 3.05) is 13.1 Å². The lowest BCUT2D eigenvalue weighted by atomic mass is 10.1. The Morgan fingerprint density at radius 3 is 2.91 bits per heavy atom. The van der Waals surface area contributed by atoms with Gasteiger partial charge >= 0.3 is 0 Å². The summed E-state index contributed by atoms with van der Waals surface area (Å²) in [7, 11) is 0. The van der Waals surface area contributed by atoms with E-state index in [4.69, 9.17) is 4.74 Å². The van der Waals surface area contributed by atoms with Crippen LogP contribution in [0.15, 0.2) is 6.33 Å². The second kappa shape index (κ2) is 7.17. The summed E-state index contributed by atoms with van der Waals surface area (Å²) < 4.78 is 7.81. The first-order valence-electron chi connectivity index (χ1n) is 8.40. The van der Waals surface area contributed by atoms with Crippen molar-refractivity contribution in [1.29, 1.82) is 0 Å². The maximum Gasteiger partial charge on any atom is 0.224 e. The van der Waals surface area contributed by atoms with Crippen molar-refractivity contribution in [3.05, 3.63) is 6.33 Å². The molecule has 0 aromatic carbocycles. The molecule has 1 aromatic heterocycles. The third-order valence-electron chi connectivity index (χ3n) is 4.52. The Morgan fingerprint density at radius 2 is 2.23 bits per heavy atom. The largest absolute Gasteiger partial charge is 0.371 e. The molecule has 0 spiro atoms. The Labute approximate surface area is 131 Å². The summed E-state index contributed by atoms with van der Waals surface area (Å²) in [4.78, 5) is 14.5. The van der Waals surface area contributed by atoms with Crippen molar-refractivity contribution in [3.8, 4) is 0 Å². The first-order chi connectivity index (χ1) is 10.8. The highest BCUT2D eigenvalue weighted by Crippen LogP contribution is 2.37.